The van der Waals surface area contributed by atoms with Crippen LogP contribution in [0.15, 0.2) is 42.7 Å². The Morgan fingerprint density at radius 2 is 2.02 bits per heavy atom. The number of hydrogen-bond acceptors (Lipinski definition) is 10. The zero-order valence-electron chi connectivity index (χ0n) is 22.6. The van der Waals surface area contributed by atoms with Crippen LogP contribution < -0.4 is 19.5 Å². The average Bonchev–Trinajstić information content (AvgIpc) is 3.63. The molecule has 0 radical (unpaired) electrons. The maximum atomic E-state index is 12.4. The number of nitrogens with one attached hydrogen (secondary N) is 1. The summed E-state index contributed by atoms with van der Waals surface area (Å²) in [5, 5.41) is 3.54. The molecule has 0 saturated heterocycles. The Labute approximate surface area is 239 Å². The van der Waals surface area contributed by atoms with Gasteiger partial charge < -0.3 is 18.9 Å². The van der Waals surface area contributed by atoms with Crippen molar-refractivity contribution in [3.05, 3.63) is 65.1 Å². The third-order valence-corrected chi connectivity index (χ3v) is 8.04. The lowest BCUT2D eigenvalue weighted by molar-refractivity contribution is 0.0383. The SMILES string of the molecule is COc1cnc2c(-c3nc4c(C)cc5c(c4s3)OCC(COC(=O)Nc3cnc4c(c3)C=CC4)O5)cc(C)cc2n1. The van der Waals surface area contributed by atoms with E-state index in [0.29, 0.717) is 23.1 Å². The molecule has 2 aromatic carbocycles. The van der Waals surface area contributed by atoms with E-state index in [4.69, 9.17) is 23.9 Å². The van der Waals surface area contributed by atoms with Gasteiger partial charge in [0.25, 0.3) is 0 Å². The second-order valence-corrected chi connectivity index (χ2v) is 10.9. The number of allylic oxidation sites excluding steroid dienone is 1. The van der Waals surface area contributed by atoms with E-state index in [2.05, 4.69) is 26.3 Å². The van der Waals surface area contributed by atoms with Crippen molar-refractivity contribution in [1.82, 2.24) is 19.9 Å². The predicted octanol–water partition coefficient (Wildman–Crippen LogP) is 5.88. The second kappa shape index (κ2) is 10.0. The zero-order chi connectivity index (χ0) is 28.1. The molecule has 4 heterocycles. The number of ether oxygens (including phenoxy) is 4. The van der Waals surface area contributed by atoms with Gasteiger partial charge in [0.2, 0.25) is 5.88 Å². The highest BCUT2D eigenvalue weighted by atomic mass is 32.1. The van der Waals surface area contributed by atoms with Crippen molar-refractivity contribution in [2.24, 2.45) is 0 Å². The van der Waals surface area contributed by atoms with Crippen LogP contribution >= 0.6 is 11.3 Å². The molecule has 1 amide bonds. The largest absolute Gasteiger partial charge is 0.484 e. The lowest BCUT2D eigenvalue weighted by Gasteiger charge is -2.26. The summed E-state index contributed by atoms with van der Waals surface area (Å²) in [6.07, 6.45) is 7.05. The topological polar surface area (TPSA) is 118 Å². The number of rotatable bonds is 5. The van der Waals surface area contributed by atoms with Crippen molar-refractivity contribution >= 4 is 50.4 Å². The number of aromatic nitrogens is 4. The molecular weight excluding hydrogens is 542 g/mol. The van der Waals surface area contributed by atoms with E-state index in [1.54, 1.807) is 19.5 Å². The number of anilines is 1. The number of fused-ring (bicyclic) bond motifs is 5. The van der Waals surface area contributed by atoms with E-state index in [1.165, 1.54) is 11.3 Å². The van der Waals surface area contributed by atoms with E-state index in [-0.39, 0.29) is 13.2 Å². The van der Waals surface area contributed by atoms with Crippen LogP contribution in [-0.4, -0.2) is 52.5 Å². The van der Waals surface area contributed by atoms with E-state index in [9.17, 15) is 4.79 Å². The molecule has 41 heavy (non-hydrogen) atoms. The molecule has 0 bridgehead atoms. The molecule has 1 aliphatic carbocycles. The number of hydrogen-bond donors (Lipinski definition) is 1. The van der Waals surface area contributed by atoms with Gasteiger partial charge in [0.15, 0.2) is 17.6 Å². The molecular formula is C30H25N5O5S. The molecule has 1 unspecified atom stereocenters. The molecule has 11 heteroatoms. The first-order valence-corrected chi connectivity index (χ1v) is 13.9. The minimum absolute atomic E-state index is 0.0337. The number of methoxy groups -OCH3 is 1. The van der Waals surface area contributed by atoms with Gasteiger partial charge in [-0.05, 0) is 54.8 Å². The van der Waals surface area contributed by atoms with Gasteiger partial charge in [-0.25, -0.2) is 19.7 Å². The molecule has 1 N–H and O–H groups in total. The Morgan fingerprint density at radius 3 is 2.90 bits per heavy atom. The molecule has 3 aromatic heterocycles. The third-order valence-electron chi connectivity index (χ3n) is 6.95. The van der Waals surface area contributed by atoms with Gasteiger partial charge in [-0.1, -0.05) is 12.2 Å². The number of benzene rings is 2. The molecule has 10 nitrogen and oxygen atoms in total. The predicted molar refractivity (Wildman–Crippen MR) is 156 cm³/mol. The molecule has 0 spiro atoms. The van der Waals surface area contributed by atoms with Crippen molar-refractivity contribution in [3.63, 3.8) is 0 Å². The molecule has 0 fully saturated rings. The quantitative estimate of drug-likeness (QED) is 0.278. The molecule has 206 valence electrons. The van der Waals surface area contributed by atoms with Gasteiger partial charge in [-0.15, -0.1) is 11.3 Å². The van der Waals surface area contributed by atoms with Crippen LogP contribution in [0.5, 0.6) is 17.4 Å². The first kappa shape index (κ1) is 25.2. The summed E-state index contributed by atoms with van der Waals surface area (Å²) in [4.78, 5) is 30.9. The number of amides is 1. The molecule has 2 aliphatic rings. The fourth-order valence-corrected chi connectivity index (χ4v) is 6.17. The van der Waals surface area contributed by atoms with Crippen LogP contribution in [0.25, 0.3) is 37.9 Å². The minimum Gasteiger partial charge on any atom is -0.484 e. The molecule has 0 saturated carbocycles. The normalized spacial score (nSPS) is 15.2. The summed E-state index contributed by atoms with van der Waals surface area (Å²) in [7, 11) is 1.57. The van der Waals surface area contributed by atoms with Gasteiger partial charge in [-0.2, -0.15) is 0 Å². The van der Waals surface area contributed by atoms with Crippen molar-refractivity contribution in [2.75, 3.05) is 25.6 Å². The fourth-order valence-electron chi connectivity index (χ4n) is 5.02. The molecule has 7 rings (SSSR count). The lowest BCUT2D eigenvalue weighted by Crippen LogP contribution is -2.35. The smallest absolute Gasteiger partial charge is 0.411 e. The number of pyridine rings is 1. The third kappa shape index (κ3) is 4.67. The number of thiazole rings is 1. The number of nitrogens with zero attached hydrogens (tertiary/aromatic N) is 4. The van der Waals surface area contributed by atoms with Crippen molar-refractivity contribution in [3.8, 4) is 28.0 Å². The molecule has 1 atom stereocenters. The van der Waals surface area contributed by atoms with Crippen LogP contribution in [0.2, 0.25) is 0 Å². The Morgan fingerprint density at radius 1 is 1.12 bits per heavy atom. The monoisotopic (exact) mass is 567 g/mol. The zero-order valence-corrected chi connectivity index (χ0v) is 23.4. The Hall–Kier alpha value is -4.77. The average molecular weight is 568 g/mol. The number of carbonyl (C=O) groups excluding carboxylic acids is 1. The van der Waals surface area contributed by atoms with Crippen LogP contribution in [0.1, 0.15) is 22.4 Å². The van der Waals surface area contributed by atoms with Gasteiger partial charge in [-0.3, -0.25) is 10.3 Å². The summed E-state index contributed by atoms with van der Waals surface area (Å²) >= 11 is 1.52. The van der Waals surface area contributed by atoms with Gasteiger partial charge in [0.1, 0.15) is 22.9 Å². The second-order valence-electron chi connectivity index (χ2n) is 9.95. The van der Waals surface area contributed by atoms with Crippen molar-refractivity contribution < 1.29 is 23.7 Å². The maximum Gasteiger partial charge on any atom is 0.411 e. The summed E-state index contributed by atoms with van der Waals surface area (Å²) in [5.74, 6) is 1.69. The van der Waals surface area contributed by atoms with Crippen molar-refractivity contribution in [1.29, 1.82) is 0 Å². The highest BCUT2D eigenvalue weighted by Gasteiger charge is 2.27. The van der Waals surface area contributed by atoms with Crippen LogP contribution in [-0.2, 0) is 11.2 Å². The lowest BCUT2D eigenvalue weighted by atomic mass is 10.1. The molecule has 5 aromatic rings. The van der Waals surface area contributed by atoms with E-state index >= 15 is 0 Å². The summed E-state index contributed by atoms with van der Waals surface area (Å²) in [6, 6.07) is 7.84. The standard InChI is InChI=1S/C30H25N5O5S/c1-15-7-20(26-22(8-15)34-24(37-3)12-32-26)29-35-25-16(2)9-23-27(28(25)41-29)38-13-19(40-23)14-39-30(36)33-18-10-17-5-4-6-21(17)31-11-18/h4-5,7-12,19H,6,13-14H2,1-3H3,(H,33,36). The van der Waals surface area contributed by atoms with Crippen molar-refractivity contribution in [2.45, 2.75) is 26.4 Å². The Balaban J connectivity index is 1.10. The van der Waals surface area contributed by atoms with Crippen LogP contribution in [0.3, 0.4) is 0 Å². The fraction of sp³-hybridized carbons (Fsp3) is 0.233. The first-order valence-electron chi connectivity index (χ1n) is 13.1. The van der Waals surface area contributed by atoms with Gasteiger partial charge in [0, 0.05) is 12.0 Å². The van der Waals surface area contributed by atoms with E-state index in [0.717, 1.165) is 60.6 Å². The summed E-state index contributed by atoms with van der Waals surface area (Å²) in [6.45, 7) is 4.27. The first-order chi connectivity index (χ1) is 19.9. The van der Waals surface area contributed by atoms with Crippen LogP contribution in [0, 0.1) is 13.8 Å². The summed E-state index contributed by atoms with van der Waals surface area (Å²) < 4.78 is 24.0. The highest BCUT2D eigenvalue weighted by molar-refractivity contribution is 7.22. The molecule has 1 aliphatic heterocycles. The Kier molecular flexibility index (Phi) is 6.15. The van der Waals surface area contributed by atoms with E-state index < -0.39 is 12.2 Å². The minimum atomic E-state index is -0.576. The number of aryl methyl sites for hydroxylation is 2. The van der Waals surface area contributed by atoms with Crippen LogP contribution in [0.4, 0.5) is 10.5 Å². The van der Waals surface area contributed by atoms with E-state index in [1.807, 2.05) is 44.2 Å². The summed E-state index contributed by atoms with van der Waals surface area (Å²) in [5.41, 5.74) is 7.81. The maximum absolute atomic E-state index is 12.4. The van der Waals surface area contributed by atoms with Gasteiger partial charge in [0.05, 0.1) is 47.4 Å². The Bertz CT molecular complexity index is 1890. The highest BCUT2D eigenvalue weighted by Crippen LogP contribution is 2.46. The van der Waals surface area contributed by atoms with Gasteiger partial charge >= 0.3 is 6.09 Å². The number of carbonyl (C=O) groups is 1.